The van der Waals surface area contributed by atoms with Gasteiger partial charge in [-0.2, -0.15) is 0 Å². The summed E-state index contributed by atoms with van der Waals surface area (Å²) in [6.07, 6.45) is 0. The van der Waals surface area contributed by atoms with Crippen LogP contribution in [-0.4, -0.2) is 5.11 Å². The molecule has 0 aliphatic heterocycles. The van der Waals surface area contributed by atoms with Crippen molar-refractivity contribution in [2.45, 2.75) is 14.9 Å². The molecule has 0 aliphatic rings. The van der Waals surface area contributed by atoms with E-state index in [9.17, 15) is 0 Å². The van der Waals surface area contributed by atoms with Crippen molar-refractivity contribution in [3.8, 4) is 0 Å². The maximum atomic E-state index is 6.75. The summed E-state index contributed by atoms with van der Waals surface area (Å²) in [5.41, 5.74) is 0. The van der Waals surface area contributed by atoms with Crippen LogP contribution < -0.4 is 0 Å². The molecule has 0 aromatic heterocycles. The molecule has 1 radical (unpaired) electrons. The smallest absolute Gasteiger partial charge is 0 e. The van der Waals surface area contributed by atoms with Gasteiger partial charge in [-0.05, 0) is 0 Å². The van der Waals surface area contributed by atoms with Crippen LogP contribution in [0.1, 0.15) is 14.9 Å². The third-order valence-electron chi connectivity index (χ3n) is 0. The van der Waals surface area contributed by atoms with Gasteiger partial charge in [0, 0.05) is 53.8 Å². The van der Waals surface area contributed by atoms with E-state index >= 15 is 0 Å². The van der Waals surface area contributed by atoms with Gasteiger partial charge in [-0.15, -0.1) is 0 Å². The van der Waals surface area contributed by atoms with Gasteiger partial charge < -0.3 is 5.11 Å². The van der Waals surface area contributed by atoms with Crippen LogP contribution in [-0.2, 0) is 53.8 Å². The van der Waals surface area contributed by atoms with Gasteiger partial charge in [0.25, 0.3) is 0 Å². The zero-order chi connectivity index (χ0) is 2.00. The van der Waals surface area contributed by atoms with Crippen molar-refractivity contribution in [2.24, 2.45) is 0 Å². The second-order valence-corrected chi connectivity index (χ2v) is 0. The topological polar surface area (TPSA) is 20.2 Å². The fraction of sp³-hybridized carbons (Fsp3) is 0.667. The predicted molar refractivity (Wildman–Crippen MR) is 20.8 cm³/mol. The molecule has 1 nitrogen and oxygen atoms in total. The molecule has 0 amide bonds. The van der Waals surface area contributed by atoms with E-state index in [2.05, 4.69) is 7.11 Å². The molecule has 0 fully saturated rings. The molecule has 1 N–H and O–H groups in total. The minimum atomic E-state index is 0. The van der Waals surface area contributed by atoms with Gasteiger partial charge in [-0.3, -0.25) is 0 Å². The molecule has 3 heteroatoms. The molecule has 0 atom stereocenters. The SMILES string of the molecule is C.C.[CH2-]O.[W].[Y]. The molecule has 0 aliphatic carbocycles. The van der Waals surface area contributed by atoms with Crippen molar-refractivity contribution in [1.29, 1.82) is 0 Å². The van der Waals surface area contributed by atoms with Gasteiger partial charge in [0.15, 0.2) is 0 Å². The Morgan fingerprint density at radius 2 is 1.00 bits per heavy atom. The molecule has 0 rings (SSSR count). The van der Waals surface area contributed by atoms with Crippen LogP contribution in [0.3, 0.4) is 0 Å². The Kier molecular flexibility index (Phi) is 566. The molecule has 0 saturated carbocycles. The number of rotatable bonds is 0. The zero-order valence-electron chi connectivity index (χ0n) is 2.14. The van der Waals surface area contributed by atoms with Gasteiger partial charge in [0.05, 0.1) is 0 Å². The molecule has 0 saturated heterocycles. The number of hydrogen-bond donors (Lipinski definition) is 1. The third kappa shape index (κ3) is 42.3. The van der Waals surface area contributed by atoms with E-state index in [4.69, 9.17) is 5.11 Å². The van der Waals surface area contributed by atoms with Crippen LogP contribution in [0.4, 0.5) is 0 Å². The Bertz CT molecular complexity index is 10.8. The summed E-state index contributed by atoms with van der Waals surface area (Å²) >= 11 is 0. The molecule has 0 aromatic rings. The first-order chi connectivity index (χ1) is 1.00. The van der Waals surface area contributed by atoms with E-state index in [0.29, 0.717) is 0 Å². The van der Waals surface area contributed by atoms with Crippen molar-refractivity contribution in [3.05, 3.63) is 7.11 Å². The Morgan fingerprint density at radius 1 is 1.00 bits per heavy atom. The first-order valence-electron chi connectivity index (χ1n) is 0.316. The molecule has 0 aromatic carbocycles. The van der Waals surface area contributed by atoms with Gasteiger partial charge in [-0.1, -0.05) is 14.9 Å². The summed E-state index contributed by atoms with van der Waals surface area (Å²) in [5.74, 6) is 0. The number of hydrogen-bond acceptors (Lipinski definition) is 1. The van der Waals surface area contributed by atoms with Crippen molar-refractivity contribution in [1.82, 2.24) is 0 Å². The largest absolute Gasteiger partial charge is 0.569 e. The van der Waals surface area contributed by atoms with Crippen LogP contribution in [0.15, 0.2) is 0 Å². The number of aliphatic hydroxyl groups is 1. The molecule has 0 unspecified atom stereocenters. The summed E-state index contributed by atoms with van der Waals surface area (Å²) in [6.45, 7) is 0. The Balaban J connectivity index is -0.000000000833. The normalized spacial score (nSPS) is 1.00. The van der Waals surface area contributed by atoms with Crippen molar-refractivity contribution >= 4 is 0 Å². The summed E-state index contributed by atoms with van der Waals surface area (Å²) in [4.78, 5) is 0. The monoisotopic (exact) mass is 336 g/mol. The Morgan fingerprint density at radius 3 is 1.00 bits per heavy atom. The minimum Gasteiger partial charge on any atom is -0.569 e. The first-order valence-corrected chi connectivity index (χ1v) is 0.316. The zero-order valence-corrected chi connectivity index (χ0v) is 7.91. The average molecular weight is 336 g/mol. The van der Waals surface area contributed by atoms with Crippen LogP contribution in [0.25, 0.3) is 0 Å². The van der Waals surface area contributed by atoms with E-state index in [1.54, 1.807) is 0 Å². The van der Waals surface area contributed by atoms with Crippen molar-refractivity contribution in [2.75, 3.05) is 0 Å². The fourth-order valence-electron chi connectivity index (χ4n) is 0. The average Bonchev–Trinajstić information content (AvgIpc) is 1.00. The molecule has 6 heavy (non-hydrogen) atoms. The van der Waals surface area contributed by atoms with Crippen LogP contribution in [0.5, 0.6) is 0 Å². The predicted octanol–water partition coefficient (Wildman–Crippen LogP) is 1.42. The maximum Gasteiger partial charge on any atom is 0 e. The first kappa shape index (κ1) is 46.7. The Hall–Kier alpha value is 1.75. The third-order valence-corrected chi connectivity index (χ3v) is 0. The van der Waals surface area contributed by atoms with E-state index in [1.807, 2.05) is 0 Å². The van der Waals surface area contributed by atoms with Gasteiger partial charge in [0.1, 0.15) is 0 Å². The van der Waals surface area contributed by atoms with Gasteiger partial charge >= 0.3 is 0 Å². The second-order valence-electron chi connectivity index (χ2n) is 0. The van der Waals surface area contributed by atoms with E-state index in [0.717, 1.165) is 0 Å². The summed E-state index contributed by atoms with van der Waals surface area (Å²) in [6, 6.07) is 0. The van der Waals surface area contributed by atoms with Crippen LogP contribution >= 0.6 is 0 Å². The molecule has 39 valence electrons. The second kappa shape index (κ2) is 72.8. The van der Waals surface area contributed by atoms with Gasteiger partial charge in [0.2, 0.25) is 0 Å². The van der Waals surface area contributed by atoms with Crippen LogP contribution in [0, 0.1) is 7.11 Å². The van der Waals surface area contributed by atoms with Gasteiger partial charge in [-0.25, -0.2) is 7.11 Å². The summed E-state index contributed by atoms with van der Waals surface area (Å²) in [5, 5.41) is 6.75. The minimum absolute atomic E-state index is 0. The van der Waals surface area contributed by atoms with Crippen molar-refractivity contribution in [3.63, 3.8) is 0 Å². The standard InChI is InChI=1S/CH3O.2CH4.W.Y/c1-2;;;;/h2H,1H2;2*1H4;;/q-1;;;;. The molecular weight excluding hydrogens is 325 g/mol. The maximum absolute atomic E-state index is 6.75. The van der Waals surface area contributed by atoms with Crippen LogP contribution in [0.2, 0.25) is 0 Å². The molecule has 0 spiro atoms. The van der Waals surface area contributed by atoms with E-state index < -0.39 is 0 Å². The molecular formula is C3H11OWY-. The summed E-state index contributed by atoms with van der Waals surface area (Å²) in [7, 11) is 2.25. The fourth-order valence-corrected chi connectivity index (χ4v) is 0. The quantitative estimate of drug-likeness (QED) is 0.664. The Labute approximate surface area is 80.0 Å². The summed E-state index contributed by atoms with van der Waals surface area (Å²) < 4.78 is 0. The molecule has 0 heterocycles. The number of aliphatic hydroxyl groups excluding tert-OH is 1. The molecule has 0 bridgehead atoms. The van der Waals surface area contributed by atoms with E-state index in [1.165, 1.54) is 0 Å². The van der Waals surface area contributed by atoms with E-state index in [-0.39, 0.29) is 68.6 Å². The van der Waals surface area contributed by atoms with Crippen molar-refractivity contribution < 1.29 is 58.9 Å².